The lowest BCUT2D eigenvalue weighted by Gasteiger charge is -2.56. The van der Waals surface area contributed by atoms with Gasteiger partial charge in [0, 0.05) is 12.2 Å². The van der Waals surface area contributed by atoms with E-state index in [2.05, 4.69) is 10.6 Å². The molecular formula is C22H30N2O2S. The first kappa shape index (κ1) is 18.9. The predicted molar refractivity (Wildman–Crippen MR) is 111 cm³/mol. The van der Waals surface area contributed by atoms with Gasteiger partial charge < -0.3 is 10.6 Å². The van der Waals surface area contributed by atoms with Crippen molar-refractivity contribution in [3.63, 3.8) is 0 Å². The molecule has 5 heteroatoms. The number of rotatable bonds is 7. The maximum atomic E-state index is 12.2. The van der Waals surface area contributed by atoms with Gasteiger partial charge in [-0.2, -0.15) is 0 Å². The quantitative estimate of drug-likeness (QED) is 0.745. The fourth-order valence-corrected chi connectivity index (χ4v) is 6.56. The van der Waals surface area contributed by atoms with Gasteiger partial charge in [0.2, 0.25) is 11.8 Å². The van der Waals surface area contributed by atoms with Crippen LogP contribution in [0.25, 0.3) is 0 Å². The van der Waals surface area contributed by atoms with E-state index in [1.165, 1.54) is 50.3 Å². The Morgan fingerprint density at radius 1 is 0.963 bits per heavy atom. The minimum atomic E-state index is -0.0577. The van der Waals surface area contributed by atoms with E-state index in [1.54, 1.807) is 0 Å². The fourth-order valence-electron chi connectivity index (χ4n) is 5.91. The highest BCUT2D eigenvalue weighted by Crippen LogP contribution is 2.59. The van der Waals surface area contributed by atoms with Crippen molar-refractivity contribution >= 4 is 29.3 Å². The van der Waals surface area contributed by atoms with Crippen LogP contribution >= 0.6 is 11.8 Å². The molecule has 0 spiro atoms. The number of thioether (sulfide) groups is 1. The third kappa shape index (κ3) is 4.68. The molecule has 2 amide bonds. The van der Waals surface area contributed by atoms with E-state index in [0.717, 1.165) is 35.5 Å². The minimum Gasteiger partial charge on any atom is -0.355 e. The van der Waals surface area contributed by atoms with Crippen LogP contribution < -0.4 is 10.6 Å². The van der Waals surface area contributed by atoms with Crippen LogP contribution in [-0.4, -0.2) is 29.9 Å². The molecule has 4 bridgehead atoms. The van der Waals surface area contributed by atoms with E-state index < -0.39 is 0 Å². The van der Waals surface area contributed by atoms with Crippen molar-refractivity contribution in [2.45, 2.75) is 45.4 Å². The molecule has 2 N–H and O–H groups in total. The zero-order valence-corrected chi connectivity index (χ0v) is 16.9. The summed E-state index contributed by atoms with van der Waals surface area (Å²) in [5, 5.41) is 6.05. The number of anilines is 1. The third-order valence-corrected chi connectivity index (χ3v) is 7.56. The largest absolute Gasteiger partial charge is 0.355 e. The first-order chi connectivity index (χ1) is 13.0. The standard InChI is InChI=1S/C22H30N2O2S/c1-15-2-4-19(5-3-15)24-21(26)13-27-12-20(25)23-14-22-9-16-6-17(10-22)8-18(7-16)11-22/h2-5,16-18H,6-14H2,1H3,(H,23,25)(H,24,26). The molecule has 0 aromatic heterocycles. The van der Waals surface area contributed by atoms with Gasteiger partial charge in [0.25, 0.3) is 0 Å². The molecule has 27 heavy (non-hydrogen) atoms. The molecule has 5 rings (SSSR count). The molecule has 146 valence electrons. The Balaban J connectivity index is 1.16. The molecule has 1 aromatic rings. The Morgan fingerprint density at radius 3 is 2.11 bits per heavy atom. The Morgan fingerprint density at radius 2 is 1.52 bits per heavy atom. The van der Waals surface area contributed by atoms with Crippen molar-refractivity contribution in [2.75, 3.05) is 23.4 Å². The topological polar surface area (TPSA) is 58.2 Å². The zero-order valence-electron chi connectivity index (χ0n) is 16.1. The van der Waals surface area contributed by atoms with Gasteiger partial charge in [0.1, 0.15) is 0 Å². The molecule has 0 heterocycles. The van der Waals surface area contributed by atoms with Crippen molar-refractivity contribution in [1.82, 2.24) is 5.32 Å². The highest BCUT2D eigenvalue weighted by atomic mass is 32.2. The summed E-state index contributed by atoms with van der Waals surface area (Å²) in [4.78, 5) is 24.3. The number of amides is 2. The average Bonchev–Trinajstić information content (AvgIpc) is 2.61. The monoisotopic (exact) mass is 386 g/mol. The average molecular weight is 387 g/mol. The van der Waals surface area contributed by atoms with Crippen molar-refractivity contribution in [3.8, 4) is 0 Å². The van der Waals surface area contributed by atoms with E-state index in [4.69, 9.17) is 0 Å². The van der Waals surface area contributed by atoms with E-state index in [9.17, 15) is 9.59 Å². The predicted octanol–water partition coefficient (Wildman–Crippen LogP) is 4.00. The highest BCUT2D eigenvalue weighted by Gasteiger charge is 2.50. The van der Waals surface area contributed by atoms with Crippen molar-refractivity contribution in [3.05, 3.63) is 29.8 Å². The Labute approximate surface area is 166 Å². The van der Waals surface area contributed by atoms with E-state index >= 15 is 0 Å². The zero-order chi connectivity index (χ0) is 18.9. The van der Waals surface area contributed by atoms with Crippen LogP contribution in [0.2, 0.25) is 0 Å². The summed E-state index contributed by atoms with van der Waals surface area (Å²) < 4.78 is 0. The number of carbonyl (C=O) groups excluding carboxylic acids is 2. The molecule has 0 aliphatic heterocycles. The second-order valence-electron chi connectivity index (χ2n) is 9.10. The summed E-state index contributed by atoms with van der Waals surface area (Å²) in [6.07, 6.45) is 8.22. The van der Waals surface area contributed by atoms with Crippen LogP contribution in [0, 0.1) is 30.1 Å². The van der Waals surface area contributed by atoms with Crippen LogP contribution in [0.3, 0.4) is 0 Å². The molecular weight excluding hydrogens is 356 g/mol. The smallest absolute Gasteiger partial charge is 0.234 e. The second kappa shape index (κ2) is 7.86. The highest BCUT2D eigenvalue weighted by molar-refractivity contribution is 8.00. The van der Waals surface area contributed by atoms with Gasteiger partial charge in [-0.05, 0) is 80.8 Å². The number of nitrogens with one attached hydrogen (secondary N) is 2. The van der Waals surface area contributed by atoms with Crippen LogP contribution in [0.15, 0.2) is 24.3 Å². The van der Waals surface area contributed by atoms with Gasteiger partial charge in [-0.1, -0.05) is 17.7 Å². The van der Waals surface area contributed by atoms with Gasteiger partial charge in [-0.15, -0.1) is 11.8 Å². The first-order valence-corrected chi connectivity index (χ1v) is 11.4. The third-order valence-electron chi connectivity index (χ3n) is 6.63. The first-order valence-electron chi connectivity index (χ1n) is 10.2. The summed E-state index contributed by atoms with van der Waals surface area (Å²) in [6.45, 7) is 2.86. The van der Waals surface area contributed by atoms with Crippen LogP contribution in [0.4, 0.5) is 5.69 Å². The number of aryl methyl sites for hydroxylation is 1. The van der Waals surface area contributed by atoms with Gasteiger partial charge in [0.05, 0.1) is 11.5 Å². The Hall–Kier alpha value is -1.49. The molecule has 4 saturated carbocycles. The van der Waals surface area contributed by atoms with Crippen molar-refractivity contribution < 1.29 is 9.59 Å². The minimum absolute atomic E-state index is 0.0577. The lowest BCUT2D eigenvalue weighted by Crippen LogP contribution is -2.51. The maximum absolute atomic E-state index is 12.2. The van der Waals surface area contributed by atoms with Gasteiger partial charge in [0.15, 0.2) is 0 Å². The Bertz CT molecular complexity index is 665. The van der Waals surface area contributed by atoms with E-state index in [0.29, 0.717) is 16.9 Å². The summed E-state index contributed by atoms with van der Waals surface area (Å²) in [7, 11) is 0. The summed E-state index contributed by atoms with van der Waals surface area (Å²) >= 11 is 1.38. The van der Waals surface area contributed by atoms with E-state index in [-0.39, 0.29) is 11.8 Å². The molecule has 0 saturated heterocycles. The van der Waals surface area contributed by atoms with E-state index in [1.807, 2.05) is 31.2 Å². The molecule has 4 aliphatic carbocycles. The Kier molecular flexibility index (Phi) is 5.49. The van der Waals surface area contributed by atoms with Gasteiger partial charge >= 0.3 is 0 Å². The lowest BCUT2D eigenvalue weighted by molar-refractivity contribution is -0.120. The number of benzene rings is 1. The lowest BCUT2D eigenvalue weighted by atomic mass is 9.49. The summed E-state index contributed by atoms with van der Waals surface area (Å²) in [6, 6.07) is 7.74. The van der Waals surface area contributed by atoms with Crippen molar-refractivity contribution in [2.24, 2.45) is 23.2 Å². The molecule has 4 aliphatic rings. The van der Waals surface area contributed by atoms with Crippen LogP contribution in [-0.2, 0) is 9.59 Å². The molecule has 1 aromatic carbocycles. The molecule has 0 unspecified atom stereocenters. The van der Waals surface area contributed by atoms with Crippen molar-refractivity contribution in [1.29, 1.82) is 0 Å². The van der Waals surface area contributed by atoms with Crippen LogP contribution in [0.1, 0.15) is 44.1 Å². The number of carbonyl (C=O) groups is 2. The van der Waals surface area contributed by atoms with Gasteiger partial charge in [-0.25, -0.2) is 0 Å². The normalized spacial score (nSPS) is 30.9. The van der Waals surface area contributed by atoms with Crippen LogP contribution in [0.5, 0.6) is 0 Å². The number of hydrogen-bond donors (Lipinski definition) is 2. The second-order valence-corrected chi connectivity index (χ2v) is 10.1. The molecule has 0 radical (unpaired) electrons. The molecule has 0 atom stereocenters. The SMILES string of the molecule is Cc1ccc(NC(=O)CSCC(=O)NCC23CC4CC(CC(C4)C2)C3)cc1. The van der Waals surface area contributed by atoms with Gasteiger partial charge in [-0.3, -0.25) is 9.59 Å². The fraction of sp³-hybridized carbons (Fsp3) is 0.636. The maximum Gasteiger partial charge on any atom is 0.234 e. The molecule has 4 nitrogen and oxygen atoms in total. The molecule has 4 fully saturated rings. The number of hydrogen-bond acceptors (Lipinski definition) is 3. The summed E-state index contributed by atoms with van der Waals surface area (Å²) in [5.41, 5.74) is 2.34. The summed E-state index contributed by atoms with van der Waals surface area (Å²) in [5.74, 6) is 3.40.